The van der Waals surface area contributed by atoms with Gasteiger partial charge in [0.15, 0.2) is 0 Å². The Kier molecular flexibility index (Phi) is 3.03. The molecule has 0 heterocycles. The van der Waals surface area contributed by atoms with Gasteiger partial charge < -0.3 is 0 Å². The van der Waals surface area contributed by atoms with Gasteiger partial charge in [0.05, 0.1) is 4.92 Å². The van der Waals surface area contributed by atoms with Gasteiger partial charge >= 0.3 is 0 Å². The highest BCUT2D eigenvalue weighted by atomic mass is 35.5. The van der Waals surface area contributed by atoms with E-state index in [1.165, 1.54) is 0 Å². The zero-order valence-electron chi connectivity index (χ0n) is 7.03. The minimum Gasteiger partial charge on any atom is -0.259 e. The predicted molar refractivity (Wildman–Crippen MR) is 52.0 cm³/mol. The van der Waals surface area contributed by atoms with Crippen molar-refractivity contribution in [3.8, 4) is 0 Å². The Bertz CT molecular complexity index is 343. The van der Waals surface area contributed by atoms with Crippen LogP contribution in [-0.4, -0.2) is 4.92 Å². The molecule has 0 aliphatic rings. The monoisotopic (exact) mass is 197 g/mol. The highest BCUT2D eigenvalue weighted by Gasteiger charge is 2.01. The quantitative estimate of drug-likeness (QED) is 0.541. The summed E-state index contributed by atoms with van der Waals surface area (Å²) in [7, 11) is 0. The van der Waals surface area contributed by atoms with Crippen molar-refractivity contribution in [1.82, 2.24) is 0 Å². The highest BCUT2D eigenvalue weighted by Crippen LogP contribution is 2.18. The molecule has 0 spiro atoms. The third kappa shape index (κ3) is 2.87. The Labute approximate surface area is 80.8 Å². The first-order valence-electron chi connectivity index (χ1n) is 3.67. The van der Waals surface area contributed by atoms with Crippen LogP contribution in [0.3, 0.4) is 0 Å². The normalized spacial score (nSPS) is 11.4. The molecule has 0 bridgehead atoms. The number of halogens is 1. The topological polar surface area (TPSA) is 43.1 Å². The van der Waals surface area contributed by atoms with Crippen molar-refractivity contribution in [1.29, 1.82) is 0 Å². The van der Waals surface area contributed by atoms with Crippen molar-refractivity contribution in [2.45, 2.75) is 6.92 Å². The molecule has 1 aromatic rings. The maximum atomic E-state index is 10.1. The van der Waals surface area contributed by atoms with Crippen molar-refractivity contribution in [2.24, 2.45) is 0 Å². The smallest absolute Gasteiger partial charge is 0.253 e. The minimum atomic E-state index is -0.567. The molecule has 0 N–H and O–H groups in total. The molecule has 0 aromatic heterocycles. The number of rotatable bonds is 2. The molecular formula is C9H8ClNO2. The highest BCUT2D eigenvalue weighted by molar-refractivity contribution is 6.48. The van der Waals surface area contributed by atoms with E-state index in [-0.39, 0.29) is 5.03 Å². The van der Waals surface area contributed by atoms with Crippen molar-refractivity contribution in [3.63, 3.8) is 0 Å². The standard InChI is InChI=1S/C9H8ClNO2/c1-7-2-4-8(5-3-7)9(10)6-11(12)13/h2-6H,1H3/b9-6+. The average molecular weight is 198 g/mol. The van der Waals surface area contributed by atoms with Crippen molar-refractivity contribution < 1.29 is 4.92 Å². The summed E-state index contributed by atoms with van der Waals surface area (Å²) in [5.41, 5.74) is 1.75. The van der Waals surface area contributed by atoms with Gasteiger partial charge in [0, 0.05) is 0 Å². The summed E-state index contributed by atoms with van der Waals surface area (Å²) in [6.45, 7) is 1.94. The van der Waals surface area contributed by atoms with Gasteiger partial charge in [-0.3, -0.25) is 10.1 Å². The molecule has 4 heteroatoms. The van der Waals surface area contributed by atoms with Crippen LogP contribution >= 0.6 is 11.6 Å². The SMILES string of the molecule is Cc1ccc(/C(Cl)=C\[N+](=O)[O-])cc1. The largest absolute Gasteiger partial charge is 0.259 e. The van der Waals surface area contributed by atoms with Gasteiger partial charge in [-0.15, -0.1) is 0 Å². The van der Waals surface area contributed by atoms with Crippen LogP contribution in [-0.2, 0) is 0 Å². The first-order valence-corrected chi connectivity index (χ1v) is 4.05. The van der Waals surface area contributed by atoms with E-state index < -0.39 is 4.92 Å². The van der Waals surface area contributed by atoms with Crippen LogP contribution in [0.1, 0.15) is 11.1 Å². The van der Waals surface area contributed by atoms with Crippen molar-refractivity contribution >= 4 is 16.6 Å². The minimum absolute atomic E-state index is 0.144. The van der Waals surface area contributed by atoms with Crippen LogP contribution in [0, 0.1) is 17.0 Å². The number of nitro groups is 1. The molecule has 1 rings (SSSR count). The van der Waals surface area contributed by atoms with Gasteiger partial charge in [-0.1, -0.05) is 41.4 Å². The fourth-order valence-corrected chi connectivity index (χ4v) is 1.09. The average Bonchev–Trinajstić information content (AvgIpc) is 2.04. The Morgan fingerprint density at radius 3 is 2.46 bits per heavy atom. The van der Waals surface area contributed by atoms with Crippen LogP contribution in [0.25, 0.3) is 5.03 Å². The van der Waals surface area contributed by atoms with Gasteiger partial charge in [-0.25, -0.2) is 0 Å². The number of aryl methyl sites for hydroxylation is 1. The molecule has 0 unspecified atom stereocenters. The van der Waals surface area contributed by atoms with Gasteiger partial charge in [0.25, 0.3) is 6.20 Å². The molecule has 0 saturated carbocycles. The van der Waals surface area contributed by atoms with E-state index in [4.69, 9.17) is 11.6 Å². The fourth-order valence-electron chi connectivity index (χ4n) is 0.880. The molecule has 0 aliphatic carbocycles. The summed E-state index contributed by atoms with van der Waals surface area (Å²) in [6.07, 6.45) is 0.784. The number of benzene rings is 1. The zero-order valence-corrected chi connectivity index (χ0v) is 7.78. The van der Waals surface area contributed by atoms with Gasteiger partial charge in [0.1, 0.15) is 5.03 Å². The van der Waals surface area contributed by atoms with E-state index in [9.17, 15) is 10.1 Å². The van der Waals surface area contributed by atoms with Crippen molar-refractivity contribution in [2.75, 3.05) is 0 Å². The fraction of sp³-hybridized carbons (Fsp3) is 0.111. The molecule has 13 heavy (non-hydrogen) atoms. The first-order chi connectivity index (χ1) is 6.09. The van der Waals surface area contributed by atoms with Crippen LogP contribution in [0.2, 0.25) is 0 Å². The lowest BCUT2D eigenvalue weighted by molar-refractivity contribution is -0.401. The summed E-state index contributed by atoms with van der Waals surface area (Å²) in [4.78, 5) is 9.53. The molecule has 0 atom stereocenters. The summed E-state index contributed by atoms with van der Waals surface area (Å²) >= 11 is 5.67. The molecule has 0 amide bonds. The lowest BCUT2D eigenvalue weighted by atomic mass is 10.1. The summed E-state index contributed by atoms with van der Waals surface area (Å²) in [5, 5.41) is 10.2. The molecule has 1 aromatic carbocycles. The number of nitrogens with zero attached hydrogens (tertiary/aromatic N) is 1. The molecule has 3 nitrogen and oxygen atoms in total. The molecular weight excluding hydrogens is 190 g/mol. The second-order valence-corrected chi connectivity index (χ2v) is 3.04. The maximum absolute atomic E-state index is 10.1. The van der Waals surface area contributed by atoms with Crippen LogP contribution in [0.4, 0.5) is 0 Å². The van der Waals surface area contributed by atoms with E-state index in [0.717, 1.165) is 11.8 Å². The third-order valence-corrected chi connectivity index (χ3v) is 1.86. The Morgan fingerprint density at radius 1 is 1.46 bits per heavy atom. The Hall–Kier alpha value is -1.35. The second-order valence-electron chi connectivity index (χ2n) is 2.63. The van der Waals surface area contributed by atoms with Gasteiger partial charge in [-0.05, 0) is 12.5 Å². The van der Waals surface area contributed by atoms with E-state index in [1.54, 1.807) is 12.1 Å². The summed E-state index contributed by atoms with van der Waals surface area (Å²) < 4.78 is 0. The van der Waals surface area contributed by atoms with E-state index in [2.05, 4.69) is 0 Å². The summed E-state index contributed by atoms with van der Waals surface area (Å²) in [5.74, 6) is 0. The van der Waals surface area contributed by atoms with Gasteiger partial charge in [-0.2, -0.15) is 0 Å². The Morgan fingerprint density at radius 2 is 2.00 bits per heavy atom. The third-order valence-electron chi connectivity index (χ3n) is 1.55. The molecule has 0 radical (unpaired) electrons. The lowest BCUT2D eigenvalue weighted by Crippen LogP contribution is -1.86. The van der Waals surface area contributed by atoms with E-state index >= 15 is 0 Å². The Balaban J connectivity index is 2.96. The van der Waals surface area contributed by atoms with Crippen molar-refractivity contribution in [3.05, 3.63) is 51.7 Å². The van der Waals surface area contributed by atoms with Crippen LogP contribution in [0.15, 0.2) is 30.5 Å². The molecule has 0 saturated heterocycles. The van der Waals surface area contributed by atoms with Gasteiger partial charge in [0.2, 0.25) is 0 Å². The van der Waals surface area contributed by atoms with Crippen LogP contribution < -0.4 is 0 Å². The van der Waals surface area contributed by atoms with E-state index in [0.29, 0.717) is 5.56 Å². The molecule has 0 aliphatic heterocycles. The second kappa shape index (κ2) is 4.05. The molecule has 68 valence electrons. The maximum Gasteiger partial charge on any atom is 0.253 e. The number of hydrogen-bond donors (Lipinski definition) is 0. The predicted octanol–water partition coefficient (Wildman–Crippen LogP) is 2.81. The zero-order chi connectivity index (χ0) is 9.84. The summed E-state index contributed by atoms with van der Waals surface area (Å²) in [6, 6.07) is 7.20. The van der Waals surface area contributed by atoms with E-state index in [1.807, 2.05) is 19.1 Å². The first kappa shape index (κ1) is 9.74. The lowest BCUT2D eigenvalue weighted by Gasteiger charge is -1.96. The number of hydrogen-bond acceptors (Lipinski definition) is 2. The molecule has 0 fully saturated rings. The van der Waals surface area contributed by atoms with Crippen LogP contribution in [0.5, 0.6) is 0 Å².